The van der Waals surface area contributed by atoms with E-state index in [-0.39, 0.29) is 65.3 Å². The summed E-state index contributed by atoms with van der Waals surface area (Å²) in [6.07, 6.45) is -17.4. The van der Waals surface area contributed by atoms with Crippen molar-refractivity contribution in [1.29, 1.82) is 0 Å². The molecule has 3 rings (SSSR count). The van der Waals surface area contributed by atoms with Gasteiger partial charge in [0.2, 0.25) is 6.29 Å². The average Bonchev–Trinajstić information content (AvgIpc) is 3.18. The molecule has 10 atom stereocenters. The second-order valence-corrected chi connectivity index (χ2v) is 14.5. The Kier molecular flexibility index (Phi) is 20.6. The summed E-state index contributed by atoms with van der Waals surface area (Å²) >= 11 is 0. The number of nitro benzene ring substituents is 1. The molecule has 2 fully saturated rings. The molecule has 2 aliphatic heterocycles. The third-order valence-electron chi connectivity index (χ3n) is 8.43. The summed E-state index contributed by atoms with van der Waals surface area (Å²) in [6, 6.07) is 4.67. The lowest BCUT2D eigenvalue weighted by molar-refractivity contribution is -0.458. The summed E-state index contributed by atoms with van der Waals surface area (Å²) in [5, 5.41) is 11.4. The van der Waals surface area contributed by atoms with Crippen LogP contribution in [0.25, 0.3) is 0 Å². The molecule has 0 radical (unpaired) electrons. The van der Waals surface area contributed by atoms with E-state index in [9.17, 15) is 43.7 Å². The van der Waals surface area contributed by atoms with Crippen molar-refractivity contribution in [2.75, 3.05) is 13.2 Å². The molecule has 0 spiro atoms. The maximum absolute atomic E-state index is 12.5. The Morgan fingerprint density at radius 1 is 0.554 bits per heavy atom. The minimum atomic E-state index is -1.76. The molecule has 0 aliphatic carbocycles. The molecular weight excluding hydrogens is 874 g/mol. The highest BCUT2D eigenvalue weighted by Gasteiger charge is 2.56. The second kappa shape index (κ2) is 25.2. The van der Waals surface area contributed by atoms with Crippen molar-refractivity contribution in [3.8, 4) is 5.75 Å². The van der Waals surface area contributed by atoms with Crippen molar-refractivity contribution in [3.63, 3.8) is 0 Å². The van der Waals surface area contributed by atoms with Crippen LogP contribution in [0.15, 0.2) is 61.3 Å². The maximum atomic E-state index is 12.5. The lowest BCUT2D eigenvalue weighted by atomic mass is 9.97. The number of nitrogens with zero attached hydrogens (tertiary/aromatic N) is 1. The van der Waals surface area contributed by atoms with E-state index in [4.69, 9.17) is 67.2 Å². The molecule has 1 aromatic carbocycles. The number of esters is 4. The molecule has 0 saturated carbocycles. The van der Waals surface area contributed by atoms with Gasteiger partial charge in [-0.05, 0) is 32.9 Å². The molecule has 10 unspecified atom stereocenters. The fraction of sp³-hybridized carbons (Fsp3) is 0.537. The number of non-ortho nitro benzene ring substituents is 1. The Balaban J connectivity index is 2.20. The molecule has 1 aromatic rings. The zero-order valence-corrected chi connectivity index (χ0v) is 36.6. The highest BCUT2D eigenvalue weighted by Crippen LogP contribution is 2.35. The summed E-state index contributed by atoms with van der Waals surface area (Å²) in [5.74, 6) is -5.33. The Morgan fingerprint density at radius 2 is 0.985 bits per heavy atom. The van der Waals surface area contributed by atoms with Crippen molar-refractivity contribution in [1.82, 2.24) is 0 Å². The highest BCUT2D eigenvalue weighted by molar-refractivity contribution is 5.78. The zero-order valence-electron chi connectivity index (χ0n) is 36.6. The molecule has 2 heterocycles. The monoisotopic (exact) mass is 925 g/mol. The molecule has 358 valence electrons. The van der Waals surface area contributed by atoms with Crippen molar-refractivity contribution >= 4 is 46.9 Å². The van der Waals surface area contributed by atoms with Crippen molar-refractivity contribution < 1.29 is 106 Å². The number of nitro groups is 1. The quantitative estimate of drug-likeness (QED) is 0.0322. The first-order chi connectivity index (χ1) is 30.5. The fourth-order valence-corrected chi connectivity index (χ4v) is 6.02. The first kappa shape index (κ1) is 53.0. The van der Waals surface area contributed by atoms with Gasteiger partial charge >= 0.3 is 23.9 Å². The topological polar surface area (TPSA) is 292 Å². The van der Waals surface area contributed by atoms with Gasteiger partial charge in [-0.1, -0.05) is 19.7 Å². The second-order valence-electron chi connectivity index (χ2n) is 14.5. The van der Waals surface area contributed by atoms with Gasteiger partial charge in [0.1, 0.15) is 59.2 Å². The molecule has 24 nitrogen and oxygen atoms in total. The number of hydrogen-bond acceptors (Lipinski definition) is 23. The standard InChI is InChI=1S/C41H51NO23/c1-20(43)15-23(4)60-63-35-33(19-53-40-38(56-29(10)49)36(55-28(9)48)34(54-27(8)47)32(58-40)18-52-26(7)46)59-41(57-31-13-11-30(12-14-31)42(50)51)39(65-62-25(6)17-22(3)45)37(35)64-61-24(5)16-21(2)44/h11-14,32-41H,4-6,15-19H2,1-3,7-10H3. The van der Waals surface area contributed by atoms with Crippen LogP contribution in [-0.4, -0.2) is 121 Å². The van der Waals surface area contributed by atoms with Gasteiger partial charge in [-0.2, -0.15) is 14.7 Å². The largest absolute Gasteiger partial charge is 0.463 e. The van der Waals surface area contributed by atoms with Crippen LogP contribution in [0.4, 0.5) is 5.69 Å². The smallest absolute Gasteiger partial charge is 0.303 e. The van der Waals surface area contributed by atoms with E-state index >= 15 is 0 Å². The summed E-state index contributed by atoms with van der Waals surface area (Å²) in [7, 11) is 0. The Morgan fingerprint density at radius 3 is 1.45 bits per heavy atom. The number of rotatable bonds is 26. The van der Waals surface area contributed by atoms with Gasteiger partial charge in [-0.15, -0.1) is 0 Å². The maximum Gasteiger partial charge on any atom is 0.303 e. The van der Waals surface area contributed by atoms with E-state index in [2.05, 4.69) is 19.7 Å². The van der Waals surface area contributed by atoms with Gasteiger partial charge in [0.15, 0.2) is 42.9 Å². The lowest BCUT2D eigenvalue weighted by Gasteiger charge is -2.45. The number of hydrogen-bond donors (Lipinski definition) is 0. The molecule has 0 N–H and O–H groups in total. The van der Waals surface area contributed by atoms with Crippen LogP contribution in [0.3, 0.4) is 0 Å². The first-order valence-electron chi connectivity index (χ1n) is 19.5. The third-order valence-corrected chi connectivity index (χ3v) is 8.43. The van der Waals surface area contributed by atoms with Crippen LogP contribution in [0.5, 0.6) is 5.75 Å². The minimum absolute atomic E-state index is 0.0536. The minimum Gasteiger partial charge on any atom is -0.463 e. The number of ether oxygens (including phenoxy) is 8. The summed E-state index contributed by atoms with van der Waals surface area (Å²) in [4.78, 5) is 129. The number of carbonyl (C=O) groups excluding carboxylic acids is 7. The number of allylic oxidation sites excluding steroid dienone is 3. The van der Waals surface area contributed by atoms with Gasteiger partial charge in [-0.3, -0.25) is 43.7 Å². The van der Waals surface area contributed by atoms with Crippen molar-refractivity contribution in [2.45, 2.75) is 129 Å². The van der Waals surface area contributed by atoms with E-state index < -0.39 is 103 Å². The van der Waals surface area contributed by atoms with Gasteiger partial charge in [0, 0.05) is 39.8 Å². The number of carbonyl (C=O) groups is 7. The Hall–Kier alpha value is -6.31. The molecular formula is C41H51NO23. The summed E-state index contributed by atoms with van der Waals surface area (Å²) < 4.78 is 46.2. The average molecular weight is 926 g/mol. The summed E-state index contributed by atoms with van der Waals surface area (Å²) in [5.41, 5.74) is -0.301. The van der Waals surface area contributed by atoms with Gasteiger partial charge < -0.3 is 52.6 Å². The lowest BCUT2D eigenvalue weighted by Crippen LogP contribution is -2.65. The summed E-state index contributed by atoms with van der Waals surface area (Å²) in [6.45, 7) is 17.6. The van der Waals surface area contributed by atoms with Gasteiger partial charge in [0.05, 0.1) is 30.8 Å². The van der Waals surface area contributed by atoms with Crippen LogP contribution in [-0.2, 0) is 96.0 Å². The molecule has 2 saturated heterocycles. The number of ketones is 3. The zero-order chi connectivity index (χ0) is 48.5. The molecule has 0 amide bonds. The highest BCUT2D eigenvalue weighted by atomic mass is 17.2. The molecule has 0 aromatic heterocycles. The van der Waals surface area contributed by atoms with E-state index in [0.29, 0.717) is 0 Å². The van der Waals surface area contributed by atoms with Crippen LogP contribution in [0.1, 0.15) is 67.7 Å². The molecule has 24 heteroatoms. The van der Waals surface area contributed by atoms with E-state index in [0.717, 1.165) is 39.8 Å². The first-order valence-corrected chi connectivity index (χ1v) is 19.5. The van der Waals surface area contributed by atoms with E-state index in [1.54, 1.807) is 0 Å². The predicted molar refractivity (Wildman–Crippen MR) is 211 cm³/mol. The SMILES string of the molecule is C=C(CC(C)=O)OOC1C(COC2OC(COC(C)=O)C(OC(C)=O)C(OC(C)=O)C2OC(C)=O)OC(Oc2ccc([N+](=O)[O-])cc2)C(OOC(=C)CC(C)=O)C1OOC(=C)CC(C)=O. The van der Waals surface area contributed by atoms with Crippen LogP contribution >= 0.6 is 0 Å². The Bertz CT molecular complexity index is 1930. The fourth-order valence-electron chi connectivity index (χ4n) is 6.02. The number of Topliss-reactive ketones (excluding diaryl/α,β-unsaturated/α-hetero) is 3. The van der Waals surface area contributed by atoms with Crippen LogP contribution in [0, 0.1) is 10.1 Å². The molecule has 2 aliphatic rings. The normalized spacial score (nSPS) is 24.8. The van der Waals surface area contributed by atoms with Gasteiger partial charge in [-0.25, -0.2) is 0 Å². The number of benzene rings is 1. The third kappa shape index (κ3) is 17.6. The molecule has 0 bridgehead atoms. The van der Waals surface area contributed by atoms with E-state index in [1.807, 2.05) is 0 Å². The van der Waals surface area contributed by atoms with Crippen molar-refractivity contribution in [2.24, 2.45) is 0 Å². The van der Waals surface area contributed by atoms with Crippen LogP contribution < -0.4 is 4.74 Å². The Labute approximate surface area is 371 Å². The van der Waals surface area contributed by atoms with Gasteiger partial charge in [0.25, 0.3) is 5.69 Å². The van der Waals surface area contributed by atoms with Crippen LogP contribution in [0.2, 0.25) is 0 Å². The molecule has 65 heavy (non-hydrogen) atoms. The predicted octanol–water partition coefficient (Wildman–Crippen LogP) is 3.23. The van der Waals surface area contributed by atoms with E-state index in [1.165, 1.54) is 32.9 Å². The van der Waals surface area contributed by atoms with Crippen molar-refractivity contribution in [3.05, 3.63) is 71.4 Å².